The van der Waals surface area contributed by atoms with Gasteiger partial charge in [-0.15, -0.1) is 0 Å². The minimum Gasteiger partial charge on any atom is -0.489 e. The monoisotopic (exact) mass is 330 g/mol. The van der Waals surface area contributed by atoms with Gasteiger partial charge in [-0.2, -0.15) is 0 Å². The van der Waals surface area contributed by atoms with Crippen molar-refractivity contribution in [2.75, 3.05) is 19.8 Å². The van der Waals surface area contributed by atoms with E-state index in [4.69, 9.17) is 14.2 Å². The molecule has 0 aromatic heterocycles. The third kappa shape index (κ3) is 3.01. The fourth-order valence-electron chi connectivity index (χ4n) is 1.81. The molecule has 1 aliphatic heterocycles. The second-order valence-corrected chi connectivity index (χ2v) is 4.85. The minimum atomic E-state index is -1.37. The fraction of sp³-hybridized carbons (Fsp3) is 0.462. The predicted octanol–water partition coefficient (Wildman–Crippen LogP) is 2.21. The van der Waals surface area contributed by atoms with Crippen molar-refractivity contribution in [2.24, 2.45) is 0 Å². The molecule has 2 rings (SSSR count). The van der Waals surface area contributed by atoms with E-state index in [1.807, 2.05) is 0 Å². The number of aliphatic hydroxyl groups excluding tert-OH is 1. The molecule has 1 aromatic carbocycles. The summed E-state index contributed by atoms with van der Waals surface area (Å²) in [5, 5.41) is 10.0. The van der Waals surface area contributed by atoms with Gasteiger partial charge in [-0.1, -0.05) is 6.07 Å². The van der Waals surface area contributed by atoms with Crippen molar-refractivity contribution in [1.29, 1.82) is 0 Å². The molecule has 0 spiro atoms. The van der Waals surface area contributed by atoms with Gasteiger partial charge in [0.25, 0.3) is 0 Å². The maximum atomic E-state index is 11.6. The number of carbonyl (C=O) groups is 1. The Morgan fingerprint density at radius 2 is 2.11 bits per heavy atom. The lowest BCUT2D eigenvalue weighted by Crippen LogP contribution is -2.16. The quantitative estimate of drug-likeness (QED) is 0.861. The van der Waals surface area contributed by atoms with Crippen LogP contribution in [0.5, 0.6) is 11.5 Å². The number of hydrogen-bond acceptors (Lipinski definition) is 5. The Morgan fingerprint density at radius 3 is 2.79 bits per heavy atom. The summed E-state index contributed by atoms with van der Waals surface area (Å²) in [6, 6.07) is 3.34. The van der Waals surface area contributed by atoms with Gasteiger partial charge in [0.2, 0.25) is 0 Å². The van der Waals surface area contributed by atoms with Crippen molar-refractivity contribution in [3.05, 3.63) is 22.2 Å². The molecule has 6 heteroatoms. The maximum Gasteiger partial charge on any atom is 0.339 e. The van der Waals surface area contributed by atoms with Gasteiger partial charge in [-0.05, 0) is 28.9 Å². The molecule has 0 radical (unpaired) electrons. The van der Waals surface area contributed by atoms with Gasteiger partial charge in [0.15, 0.2) is 17.6 Å². The van der Waals surface area contributed by atoms with Crippen LogP contribution in [-0.2, 0) is 9.53 Å². The number of esters is 1. The summed E-state index contributed by atoms with van der Waals surface area (Å²) >= 11 is 3.36. The van der Waals surface area contributed by atoms with Crippen LogP contribution in [0.3, 0.4) is 0 Å². The molecule has 104 valence electrons. The van der Waals surface area contributed by atoms with E-state index in [0.29, 0.717) is 30.3 Å². The standard InChI is InChI=1S/C13H15BrO5/c1-2-17-13(16)10(15)8-4-5-9(14)12-11(8)18-6-3-7-19-12/h4-5,10,15H,2-3,6-7H2,1H3. The summed E-state index contributed by atoms with van der Waals surface area (Å²) in [4.78, 5) is 11.6. The highest BCUT2D eigenvalue weighted by molar-refractivity contribution is 9.10. The van der Waals surface area contributed by atoms with E-state index in [2.05, 4.69) is 15.9 Å². The molecule has 1 aromatic rings. The summed E-state index contributed by atoms with van der Waals surface area (Å²) in [6.45, 7) is 2.91. The number of benzene rings is 1. The molecule has 1 aliphatic rings. The topological polar surface area (TPSA) is 65.0 Å². The van der Waals surface area contributed by atoms with E-state index >= 15 is 0 Å². The number of aliphatic hydroxyl groups is 1. The second kappa shape index (κ2) is 6.25. The van der Waals surface area contributed by atoms with Crippen molar-refractivity contribution < 1.29 is 24.1 Å². The molecule has 0 aliphatic carbocycles. The summed E-state index contributed by atoms with van der Waals surface area (Å²) < 4.78 is 16.7. The lowest BCUT2D eigenvalue weighted by molar-refractivity contribution is -0.153. The third-order valence-electron chi connectivity index (χ3n) is 2.68. The number of ether oxygens (including phenoxy) is 3. The average Bonchev–Trinajstić information content (AvgIpc) is 2.65. The average molecular weight is 331 g/mol. The van der Waals surface area contributed by atoms with Crippen molar-refractivity contribution in [3.63, 3.8) is 0 Å². The van der Waals surface area contributed by atoms with Crippen LogP contribution in [0.4, 0.5) is 0 Å². The van der Waals surface area contributed by atoms with Gasteiger partial charge in [0.1, 0.15) is 0 Å². The lowest BCUT2D eigenvalue weighted by atomic mass is 10.1. The SMILES string of the molecule is CCOC(=O)C(O)c1ccc(Br)c2c1OCCCO2. The highest BCUT2D eigenvalue weighted by Gasteiger charge is 2.27. The van der Waals surface area contributed by atoms with Gasteiger partial charge in [0, 0.05) is 12.0 Å². The minimum absolute atomic E-state index is 0.214. The Bertz CT molecular complexity index is 474. The van der Waals surface area contributed by atoms with Crippen molar-refractivity contribution in [1.82, 2.24) is 0 Å². The molecule has 19 heavy (non-hydrogen) atoms. The van der Waals surface area contributed by atoms with Crippen LogP contribution in [0.15, 0.2) is 16.6 Å². The molecule has 1 unspecified atom stereocenters. The first-order valence-electron chi connectivity index (χ1n) is 6.07. The summed E-state index contributed by atoms with van der Waals surface area (Å²) in [5.74, 6) is 0.214. The van der Waals surface area contributed by atoms with Crippen LogP contribution in [0.2, 0.25) is 0 Å². The molecule has 0 fully saturated rings. The van der Waals surface area contributed by atoms with Crippen LogP contribution in [0.25, 0.3) is 0 Å². The van der Waals surface area contributed by atoms with E-state index < -0.39 is 12.1 Å². The summed E-state index contributed by atoms with van der Waals surface area (Å²) in [7, 11) is 0. The van der Waals surface area contributed by atoms with E-state index in [1.54, 1.807) is 19.1 Å². The zero-order valence-electron chi connectivity index (χ0n) is 10.5. The lowest BCUT2D eigenvalue weighted by Gasteiger charge is -2.17. The summed E-state index contributed by atoms with van der Waals surface area (Å²) in [6.07, 6.45) is -0.626. The molecule has 5 nitrogen and oxygen atoms in total. The molecule has 1 atom stereocenters. The van der Waals surface area contributed by atoms with Crippen molar-refractivity contribution in [3.8, 4) is 11.5 Å². The highest BCUT2D eigenvalue weighted by Crippen LogP contribution is 2.42. The molecule has 1 N–H and O–H groups in total. The van der Waals surface area contributed by atoms with Crippen LogP contribution in [0.1, 0.15) is 25.0 Å². The Morgan fingerprint density at radius 1 is 1.42 bits per heavy atom. The largest absolute Gasteiger partial charge is 0.489 e. The second-order valence-electron chi connectivity index (χ2n) is 4.00. The molecule has 0 amide bonds. The summed E-state index contributed by atoms with van der Waals surface area (Å²) in [5.41, 5.74) is 0.360. The highest BCUT2D eigenvalue weighted by atomic mass is 79.9. The van der Waals surface area contributed by atoms with Gasteiger partial charge in [-0.3, -0.25) is 0 Å². The van der Waals surface area contributed by atoms with Gasteiger partial charge in [0.05, 0.1) is 24.3 Å². The van der Waals surface area contributed by atoms with Crippen LogP contribution < -0.4 is 9.47 Å². The molecule has 1 heterocycles. The fourth-order valence-corrected chi connectivity index (χ4v) is 2.23. The Labute approximate surface area is 119 Å². The predicted molar refractivity (Wildman–Crippen MR) is 71.3 cm³/mol. The molecule has 0 bridgehead atoms. The van der Waals surface area contributed by atoms with Crippen LogP contribution >= 0.6 is 15.9 Å². The first-order chi connectivity index (χ1) is 9.15. The first kappa shape index (κ1) is 14.1. The Kier molecular flexibility index (Phi) is 4.66. The number of hydrogen-bond donors (Lipinski definition) is 1. The van der Waals surface area contributed by atoms with Crippen molar-refractivity contribution in [2.45, 2.75) is 19.4 Å². The van der Waals surface area contributed by atoms with E-state index in [1.165, 1.54) is 0 Å². The third-order valence-corrected chi connectivity index (χ3v) is 3.30. The van der Waals surface area contributed by atoms with Gasteiger partial charge < -0.3 is 19.3 Å². The molecular formula is C13H15BrO5. The van der Waals surface area contributed by atoms with Crippen LogP contribution in [0, 0.1) is 0 Å². The van der Waals surface area contributed by atoms with E-state index in [-0.39, 0.29) is 6.61 Å². The van der Waals surface area contributed by atoms with Gasteiger partial charge in [-0.25, -0.2) is 4.79 Å². The van der Waals surface area contributed by atoms with Gasteiger partial charge >= 0.3 is 5.97 Å². The number of carbonyl (C=O) groups excluding carboxylic acids is 1. The normalized spacial score (nSPS) is 15.5. The molecule has 0 saturated carbocycles. The maximum absolute atomic E-state index is 11.6. The number of halogens is 1. The molecular weight excluding hydrogens is 316 g/mol. The number of rotatable bonds is 3. The smallest absolute Gasteiger partial charge is 0.339 e. The van der Waals surface area contributed by atoms with Crippen molar-refractivity contribution >= 4 is 21.9 Å². The van der Waals surface area contributed by atoms with E-state index in [0.717, 1.165) is 10.9 Å². The first-order valence-corrected chi connectivity index (χ1v) is 6.87. The Hall–Kier alpha value is -1.27. The van der Waals surface area contributed by atoms with E-state index in [9.17, 15) is 9.90 Å². The Balaban J connectivity index is 2.38. The zero-order valence-corrected chi connectivity index (χ0v) is 12.1. The zero-order chi connectivity index (χ0) is 13.8. The molecule has 0 saturated heterocycles. The number of fused-ring (bicyclic) bond motifs is 1. The van der Waals surface area contributed by atoms with Crippen LogP contribution in [-0.4, -0.2) is 30.9 Å².